The van der Waals surface area contributed by atoms with E-state index in [1.165, 1.54) is 6.92 Å². The van der Waals surface area contributed by atoms with Gasteiger partial charge in [-0.25, -0.2) is 14.4 Å². The summed E-state index contributed by atoms with van der Waals surface area (Å²) in [5, 5.41) is 0. The molecule has 2 nitrogen and oxygen atoms in total. The van der Waals surface area contributed by atoms with Crippen molar-refractivity contribution >= 4 is 5.57 Å². The highest BCUT2D eigenvalue weighted by Gasteiger charge is 2.29. The first-order valence-electron chi connectivity index (χ1n) is 4.69. The fraction of sp³-hybridized carbons (Fsp3) is 0.333. The molecule has 0 N–H and O–H groups in total. The highest BCUT2D eigenvalue weighted by Crippen LogP contribution is 2.29. The largest absolute Gasteiger partial charge is 0.237 e. The van der Waals surface area contributed by atoms with Crippen LogP contribution in [0.2, 0.25) is 0 Å². The molecule has 1 aromatic heterocycles. The van der Waals surface area contributed by atoms with Gasteiger partial charge in [-0.05, 0) is 31.9 Å². The Balaban J connectivity index is 3.09. The Bertz CT molecular complexity index is 391. The van der Waals surface area contributed by atoms with Crippen LogP contribution in [0.15, 0.2) is 31.1 Å². The van der Waals surface area contributed by atoms with Crippen LogP contribution >= 0.6 is 0 Å². The first-order chi connectivity index (χ1) is 6.85. The average Bonchev–Trinajstić information content (AvgIpc) is 2.17. The van der Waals surface area contributed by atoms with Crippen molar-refractivity contribution in [3.63, 3.8) is 0 Å². The molecule has 0 saturated heterocycles. The third-order valence-electron chi connectivity index (χ3n) is 2.37. The standard InChI is InChI=1S/C12H15FN2/c1-8(2)10-6-14-11(15-7-10)12(5,13)9(3)4/h6-7H,1,3H2,2,4-5H3. The van der Waals surface area contributed by atoms with Crippen LogP contribution < -0.4 is 0 Å². The molecule has 0 aromatic carbocycles. The molecule has 1 aromatic rings. The molecule has 0 amide bonds. The molecule has 0 spiro atoms. The Morgan fingerprint density at radius 3 is 2.07 bits per heavy atom. The van der Waals surface area contributed by atoms with E-state index in [-0.39, 0.29) is 5.82 Å². The third kappa shape index (κ3) is 2.29. The summed E-state index contributed by atoms with van der Waals surface area (Å²) in [4.78, 5) is 7.97. The topological polar surface area (TPSA) is 25.8 Å². The molecule has 80 valence electrons. The van der Waals surface area contributed by atoms with Gasteiger partial charge in [0.2, 0.25) is 0 Å². The molecule has 0 aliphatic rings. The summed E-state index contributed by atoms with van der Waals surface area (Å²) in [6, 6.07) is 0. The predicted molar refractivity (Wildman–Crippen MR) is 60.0 cm³/mol. The van der Waals surface area contributed by atoms with Crippen LogP contribution in [0.25, 0.3) is 5.57 Å². The molecular weight excluding hydrogens is 191 g/mol. The molecule has 1 rings (SSSR count). The van der Waals surface area contributed by atoms with Crippen LogP contribution in [0.1, 0.15) is 32.2 Å². The lowest BCUT2D eigenvalue weighted by atomic mass is 10.00. The molecule has 0 saturated carbocycles. The highest BCUT2D eigenvalue weighted by atomic mass is 19.1. The number of allylic oxidation sites excluding steroid dienone is 2. The molecule has 1 atom stereocenters. The minimum atomic E-state index is -1.67. The zero-order valence-corrected chi connectivity index (χ0v) is 9.34. The number of rotatable bonds is 3. The van der Waals surface area contributed by atoms with Crippen molar-refractivity contribution < 1.29 is 4.39 Å². The van der Waals surface area contributed by atoms with Crippen molar-refractivity contribution in [1.29, 1.82) is 0 Å². The SMILES string of the molecule is C=C(C)c1cnc(C(C)(F)C(=C)C)nc1. The van der Waals surface area contributed by atoms with Gasteiger partial charge in [-0.15, -0.1) is 0 Å². The molecule has 0 fully saturated rings. The van der Waals surface area contributed by atoms with E-state index in [1.54, 1.807) is 19.3 Å². The summed E-state index contributed by atoms with van der Waals surface area (Å²) < 4.78 is 14.0. The first-order valence-corrected chi connectivity index (χ1v) is 4.69. The van der Waals surface area contributed by atoms with E-state index in [0.29, 0.717) is 5.57 Å². The molecule has 15 heavy (non-hydrogen) atoms. The van der Waals surface area contributed by atoms with Crippen LogP contribution in [0.5, 0.6) is 0 Å². The van der Waals surface area contributed by atoms with Gasteiger partial charge in [0.1, 0.15) is 0 Å². The van der Waals surface area contributed by atoms with Crippen molar-refractivity contribution in [3.8, 4) is 0 Å². The van der Waals surface area contributed by atoms with E-state index < -0.39 is 5.67 Å². The Morgan fingerprint density at radius 2 is 1.73 bits per heavy atom. The minimum Gasteiger partial charge on any atom is -0.237 e. The van der Waals surface area contributed by atoms with Crippen LogP contribution in [-0.4, -0.2) is 9.97 Å². The van der Waals surface area contributed by atoms with E-state index in [4.69, 9.17) is 0 Å². The molecule has 3 heteroatoms. The van der Waals surface area contributed by atoms with Gasteiger partial charge in [-0.2, -0.15) is 0 Å². The minimum absolute atomic E-state index is 0.139. The Hall–Kier alpha value is -1.51. The fourth-order valence-corrected chi connectivity index (χ4v) is 0.982. The van der Waals surface area contributed by atoms with Gasteiger partial charge in [-0.1, -0.05) is 13.2 Å². The first kappa shape index (κ1) is 11.6. The fourth-order valence-electron chi connectivity index (χ4n) is 0.982. The second-order valence-electron chi connectivity index (χ2n) is 3.86. The lowest BCUT2D eigenvalue weighted by molar-refractivity contribution is 0.230. The zero-order valence-electron chi connectivity index (χ0n) is 9.34. The summed E-state index contributed by atoms with van der Waals surface area (Å²) in [6.07, 6.45) is 3.15. The maximum atomic E-state index is 14.0. The molecular formula is C12H15FN2. The molecule has 1 heterocycles. The normalized spacial score (nSPS) is 14.4. The van der Waals surface area contributed by atoms with Gasteiger partial charge in [0.25, 0.3) is 0 Å². The van der Waals surface area contributed by atoms with E-state index in [9.17, 15) is 4.39 Å². The number of alkyl halides is 1. The van der Waals surface area contributed by atoms with Gasteiger partial charge in [0.15, 0.2) is 11.5 Å². The van der Waals surface area contributed by atoms with Crippen molar-refractivity contribution in [2.75, 3.05) is 0 Å². The van der Waals surface area contributed by atoms with E-state index >= 15 is 0 Å². The number of halogens is 1. The van der Waals surface area contributed by atoms with E-state index in [1.807, 2.05) is 6.92 Å². The van der Waals surface area contributed by atoms with Gasteiger partial charge >= 0.3 is 0 Å². The van der Waals surface area contributed by atoms with Gasteiger partial charge in [-0.3, -0.25) is 0 Å². The second-order valence-corrected chi connectivity index (χ2v) is 3.86. The van der Waals surface area contributed by atoms with Crippen LogP contribution in [0, 0.1) is 0 Å². The smallest absolute Gasteiger partial charge is 0.187 e. The third-order valence-corrected chi connectivity index (χ3v) is 2.37. The Labute approximate surface area is 89.6 Å². The predicted octanol–water partition coefficient (Wildman–Crippen LogP) is 3.27. The van der Waals surface area contributed by atoms with Crippen molar-refractivity contribution in [1.82, 2.24) is 9.97 Å². The Morgan fingerprint density at radius 1 is 1.27 bits per heavy atom. The maximum Gasteiger partial charge on any atom is 0.187 e. The quantitative estimate of drug-likeness (QED) is 0.709. The average molecular weight is 206 g/mol. The summed E-state index contributed by atoms with van der Waals surface area (Å²) in [7, 11) is 0. The molecule has 0 radical (unpaired) electrons. The lowest BCUT2D eigenvalue weighted by Gasteiger charge is -2.18. The summed E-state index contributed by atoms with van der Waals surface area (Å²) in [6.45, 7) is 12.2. The summed E-state index contributed by atoms with van der Waals surface area (Å²) in [5.74, 6) is 0.139. The zero-order chi connectivity index (χ0) is 11.6. The number of hydrogen-bond acceptors (Lipinski definition) is 2. The van der Waals surface area contributed by atoms with Gasteiger partial charge in [0, 0.05) is 18.0 Å². The van der Waals surface area contributed by atoms with Crippen molar-refractivity contribution in [3.05, 3.63) is 42.5 Å². The molecule has 0 aliphatic carbocycles. The molecule has 1 unspecified atom stereocenters. The van der Waals surface area contributed by atoms with Crippen LogP contribution in [-0.2, 0) is 5.67 Å². The van der Waals surface area contributed by atoms with Crippen molar-refractivity contribution in [2.45, 2.75) is 26.4 Å². The van der Waals surface area contributed by atoms with Crippen molar-refractivity contribution in [2.24, 2.45) is 0 Å². The number of nitrogens with zero attached hydrogens (tertiary/aromatic N) is 2. The number of aromatic nitrogens is 2. The number of hydrogen-bond donors (Lipinski definition) is 0. The van der Waals surface area contributed by atoms with Gasteiger partial charge < -0.3 is 0 Å². The summed E-state index contributed by atoms with van der Waals surface area (Å²) in [5.41, 5.74) is 0.396. The lowest BCUT2D eigenvalue weighted by Crippen LogP contribution is -2.19. The summed E-state index contributed by atoms with van der Waals surface area (Å²) >= 11 is 0. The highest BCUT2D eigenvalue weighted by molar-refractivity contribution is 5.59. The van der Waals surface area contributed by atoms with Crippen LogP contribution in [0.4, 0.5) is 4.39 Å². The van der Waals surface area contributed by atoms with E-state index in [2.05, 4.69) is 23.1 Å². The van der Waals surface area contributed by atoms with Crippen LogP contribution in [0.3, 0.4) is 0 Å². The molecule has 0 aliphatic heterocycles. The maximum absolute atomic E-state index is 14.0. The van der Waals surface area contributed by atoms with Gasteiger partial charge in [0.05, 0.1) is 0 Å². The Kier molecular flexibility index (Phi) is 3.03. The second kappa shape index (κ2) is 3.93. The van der Waals surface area contributed by atoms with E-state index in [0.717, 1.165) is 11.1 Å². The monoisotopic (exact) mass is 206 g/mol. The molecule has 0 bridgehead atoms.